The van der Waals surface area contributed by atoms with Crippen LogP contribution in [0.2, 0.25) is 0 Å². The number of carbonyl (C=O) groups is 3. The molecule has 0 bridgehead atoms. The number of likely N-dealkylation sites (tertiary alicyclic amines) is 1. The number of carboxylic acid groups (broad SMARTS) is 1. The predicted octanol–water partition coefficient (Wildman–Crippen LogP) is -1.49. The summed E-state index contributed by atoms with van der Waals surface area (Å²) in [7, 11) is 0. The van der Waals surface area contributed by atoms with Crippen LogP contribution in [0.4, 0.5) is 0 Å². The minimum atomic E-state index is -1.00. The Labute approximate surface area is 123 Å². The highest BCUT2D eigenvalue weighted by Gasteiger charge is 2.38. The zero-order valence-corrected chi connectivity index (χ0v) is 12.1. The quantitative estimate of drug-likeness (QED) is 0.641. The Morgan fingerprint density at radius 3 is 2.67 bits per heavy atom. The molecule has 118 valence electrons. The summed E-state index contributed by atoms with van der Waals surface area (Å²) in [4.78, 5) is 38.4. The summed E-state index contributed by atoms with van der Waals surface area (Å²) >= 11 is 0. The molecule has 0 aromatic carbocycles. The predicted molar refractivity (Wildman–Crippen MR) is 72.6 cm³/mol. The molecule has 0 unspecified atom stereocenters. The first-order valence-corrected chi connectivity index (χ1v) is 7.13. The third-order valence-corrected chi connectivity index (χ3v) is 3.89. The topological polar surface area (TPSA) is 99.2 Å². The van der Waals surface area contributed by atoms with E-state index in [1.807, 2.05) is 0 Å². The number of morpholine rings is 1. The van der Waals surface area contributed by atoms with Gasteiger partial charge in [0.05, 0.1) is 25.8 Å². The van der Waals surface area contributed by atoms with Gasteiger partial charge in [-0.25, -0.2) is 0 Å². The molecule has 2 atom stereocenters. The highest BCUT2D eigenvalue weighted by molar-refractivity contribution is 5.91. The molecule has 2 rings (SSSR count). The van der Waals surface area contributed by atoms with Crippen LogP contribution in [0.1, 0.15) is 13.3 Å². The van der Waals surface area contributed by atoms with Gasteiger partial charge in [0, 0.05) is 19.6 Å². The fourth-order valence-electron chi connectivity index (χ4n) is 2.67. The van der Waals surface area contributed by atoms with Crippen LogP contribution >= 0.6 is 0 Å². The largest absolute Gasteiger partial charge is 0.480 e. The first-order chi connectivity index (χ1) is 10.0. The number of hydrogen-bond donors (Lipinski definition) is 2. The Morgan fingerprint density at radius 2 is 2.05 bits per heavy atom. The van der Waals surface area contributed by atoms with E-state index in [2.05, 4.69) is 5.32 Å². The summed E-state index contributed by atoms with van der Waals surface area (Å²) in [5.41, 5.74) is 0. The molecule has 2 fully saturated rings. The maximum atomic E-state index is 12.4. The lowest BCUT2D eigenvalue weighted by molar-refractivity contribution is -0.146. The second-order valence-electron chi connectivity index (χ2n) is 5.26. The van der Waals surface area contributed by atoms with E-state index in [9.17, 15) is 14.4 Å². The number of hydrogen-bond acceptors (Lipinski definition) is 5. The Bertz CT molecular complexity index is 422. The Morgan fingerprint density at radius 1 is 1.38 bits per heavy atom. The first kappa shape index (κ1) is 15.7. The molecule has 0 aromatic heterocycles. The van der Waals surface area contributed by atoms with E-state index < -0.39 is 18.1 Å². The van der Waals surface area contributed by atoms with Crippen LogP contribution in [-0.2, 0) is 19.1 Å². The highest BCUT2D eigenvalue weighted by Crippen LogP contribution is 2.16. The molecule has 0 saturated carbocycles. The van der Waals surface area contributed by atoms with Crippen molar-refractivity contribution in [1.82, 2.24) is 15.1 Å². The van der Waals surface area contributed by atoms with Gasteiger partial charge in [0.1, 0.15) is 6.04 Å². The first-order valence-electron chi connectivity index (χ1n) is 7.13. The molecular formula is C13H21N3O5. The number of carbonyl (C=O) groups excluding carboxylic acids is 2. The summed E-state index contributed by atoms with van der Waals surface area (Å²) in [5, 5.41) is 11.3. The van der Waals surface area contributed by atoms with Crippen LogP contribution < -0.4 is 5.32 Å². The number of ether oxygens (including phenoxy) is 1. The lowest BCUT2D eigenvalue weighted by Crippen LogP contribution is -2.52. The van der Waals surface area contributed by atoms with E-state index in [0.29, 0.717) is 39.3 Å². The molecule has 2 aliphatic heterocycles. The molecule has 8 nitrogen and oxygen atoms in total. The lowest BCUT2D eigenvalue weighted by Gasteiger charge is -2.32. The number of aliphatic carboxylic acids is 1. The Hall–Kier alpha value is -1.67. The maximum Gasteiger partial charge on any atom is 0.317 e. The summed E-state index contributed by atoms with van der Waals surface area (Å²) in [6, 6.07) is -1.03. The average Bonchev–Trinajstić information content (AvgIpc) is 2.85. The molecule has 2 saturated heterocycles. The molecule has 2 N–H and O–H groups in total. The standard InChI is InChI=1S/C13H21N3O5/c1-9(12(19)15-4-6-21-7-5-15)16-3-2-10(13(16)20)14-8-11(17)18/h9-10,14H,2-8H2,1H3,(H,17,18)/t9-,10-/m0/s1. The van der Waals surface area contributed by atoms with E-state index >= 15 is 0 Å². The number of carboxylic acids is 1. The minimum Gasteiger partial charge on any atom is -0.480 e. The van der Waals surface area contributed by atoms with Gasteiger partial charge >= 0.3 is 5.97 Å². The van der Waals surface area contributed by atoms with Crippen LogP contribution in [0.3, 0.4) is 0 Å². The van der Waals surface area contributed by atoms with E-state index in [4.69, 9.17) is 9.84 Å². The molecule has 2 aliphatic rings. The van der Waals surface area contributed by atoms with Crippen LogP contribution in [0.25, 0.3) is 0 Å². The molecule has 8 heteroatoms. The number of nitrogens with zero attached hydrogens (tertiary/aromatic N) is 2. The SMILES string of the molecule is C[C@@H](C(=O)N1CCOCC1)N1CC[C@H](NCC(=O)O)C1=O. The zero-order chi connectivity index (χ0) is 15.4. The molecular weight excluding hydrogens is 278 g/mol. The van der Waals surface area contributed by atoms with Crippen LogP contribution in [0, 0.1) is 0 Å². The van der Waals surface area contributed by atoms with E-state index in [1.54, 1.807) is 11.8 Å². The van der Waals surface area contributed by atoms with Gasteiger partial charge in [-0.15, -0.1) is 0 Å². The number of nitrogens with one attached hydrogen (secondary N) is 1. The van der Waals surface area contributed by atoms with Crippen molar-refractivity contribution in [3.05, 3.63) is 0 Å². The third-order valence-electron chi connectivity index (χ3n) is 3.89. The third kappa shape index (κ3) is 3.70. The Kier molecular flexibility index (Phi) is 5.13. The highest BCUT2D eigenvalue weighted by atomic mass is 16.5. The van der Waals surface area contributed by atoms with Crippen molar-refractivity contribution in [3.8, 4) is 0 Å². The van der Waals surface area contributed by atoms with Gasteiger partial charge in [0.2, 0.25) is 11.8 Å². The molecule has 0 aromatic rings. The van der Waals surface area contributed by atoms with Crippen molar-refractivity contribution in [2.75, 3.05) is 39.4 Å². The van der Waals surface area contributed by atoms with Crippen molar-refractivity contribution >= 4 is 17.8 Å². The van der Waals surface area contributed by atoms with E-state index in [1.165, 1.54) is 4.90 Å². The van der Waals surface area contributed by atoms with Gasteiger partial charge in [0.25, 0.3) is 0 Å². The van der Waals surface area contributed by atoms with Gasteiger partial charge in [-0.2, -0.15) is 0 Å². The fraction of sp³-hybridized carbons (Fsp3) is 0.769. The van der Waals surface area contributed by atoms with Gasteiger partial charge in [-0.05, 0) is 13.3 Å². The Balaban J connectivity index is 1.90. The van der Waals surface area contributed by atoms with Crippen molar-refractivity contribution in [2.24, 2.45) is 0 Å². The minimum absolute atomic E-state index is 0.0782. The van der Waals surface area contributed by atoms with Crippen molar-refractivity contribution in [2.45, 2.75) is 25.4 Å². The van der Waals surface area contributed by atoms with E-state index in [-0.39, 0.29) is 18.4 Å². The summed E-state index contributed by atoms with van der Waals surface area (Å²) in [6.45, 7) is 4.07. The summed E-state index contributed by atoms with van der Waals surface area (Å²) < 4.78 is 5.21. The van der Waals surface area contributed by atoms with Crippen LogP contribution in [-0.4, -0.2) is 84.2 Å². The molecule has 0 radical (unpaired) electrons. The van der Waals surface area contributed by atoms with Gasteiger partial charge in [-0.3, -0.25) is 19.7 Å². The van der Waals surface area contributed by atoms with Crippen molar-refractivity contribution < 1.29 is 24.2 Å². The number of amides is 2. The van der Waals surface area contributed by atoms with Crippen LogP contribution in [0.5, 0.6) is 0 Å². The molecule has 2 amide bonds. The second-order valence-corrected chi connectivity index (χ2v) is 5.26. The van der Waals surface area contributed by atoms with Gasteiger partial charge in [-0.1, -0.05) is 0 Å². The number of rotatable bonds is 5. The molecule has 0 aliphatic carbocycles. The zero-order valence-electron chi connectivity index (χ0n) is 12.1. The smallest absolute Gasteiger partial charge is 0.317 e. The summed E-state index contributed by atoms with van der Waals surface area (Å²) in [6.07, 6.45) is 0.521. The molecule has 0 spiro atoms. The molecule has 2 heterocycles. The normalized spacial score (nSPS) is 24.2. The van der Waals surface area contributed by atoms with Crippen molar-refractivity contribution in [1.29, 1.82) is 0 Å². The van der Waals surface area contributed by atoms with E-state index in [0.717, 1.165) is 0 Å². The second kappa shape index (κ2) is 6.86. The molecule has 21 heavy (non-hydrogen) atoms. The fourth-order valence-corrected chi connectivity index (χ4v) is 2.67. The van der Waals surface area contributed by atoms with Gasteiger partial charge < -0.3 is 19.6 Å². The van der Waals surface area contributed by atoms with Crippen LogP contribution in [0.15, 0.2) is 0 Å². The monoisotopic (exact) mass is 299 g/mol. The lowest BCUT2D eigenvalue weighted by atomic mass is 10.2. The average molecular weight is 299 g/mol. The van der Waals surface area contributed by atoms with Gasteiger partial charge in [0.15, 0.2) is 0 Å². The maximum absolute atomic E-state index is 12.4. The van der Waals surface area contributed by atoms with Crippen molar-refractivity contribution in [3.63, 3.8) is 0 Å². The summed E-state index contributed by atoms with van der Waals surface area (Å²) in [5.74, 6) is -1.28.